The number of hydrogen-bond acceptors (Lipinski definition) is 4. The Kier molecular flexibility index (Phi) is 5.61. The van der Waals surface area contributed by atoms with Crippen LogP contribution < -0.4 is 10.6 Å². The van der Waals surface area contributed by atoms with Gasteiger partial charge in [-0.1, -0.05) is 0 Å². The summed E-state index contributed by atoms with van der Waals surface area (Å²) in [5.74, 6) is 0.0683. The van der Waals surface area contributed by atoms with Crippen molar-refractivity contribution in [2.75, 3.05) is 13.1 Å². The number of piperidine rings is 1. The highest BCUT2D eigenvalue weighted by Crippen LogP contribution is 2.27. The van der Waals surface area contributed by atoms with Gasteiger partial charge < -0.3 is 10.6 Å². The van der Waals surface area contributed by atoms with Crippen molar-refractivity contribution < 1.29 is 4.79 Å². The van der Waals surface area contributed by atoms with E-state index in [1.54, 1.807) is 17.5 Å². The lowest BCUT2D eigenvalue weighted by Gasteiger charge is -2.36. The van der Waals surface area contributed by atoms with Crippen molar-refractivity contribution in [3.63, 3.8) is 0 Å². The Morgan fingerprint density at radius 3 is 2.82 bits per heavy atom. The molecular formula is C15H21ClN4OS. The first-order chi connectivity index (χ1) is 10.2. The Bertz CT molecular complexity index is 605. The van der Waals surface area contributed by atoms with Gasteiger partial charge in [-0.05, 0) is 51.1 Å². The first-order valence-electron chi connectivity index (χ1n) is 7.25. The molecule has 22 heavy (non-hydrogen) atoms. The third kappa shape index (κ3) is 3.34. The topological polar surface area (TPSA) is 59.0 Å². The maximum atomic E-state index is 12.8. The predicted molar refractivity (Wildman–Crippen MR) is 90.5 cm³/mol. The quantitative estimate of drug-likeness (QED) is 0.895. The summed E-state index contributed by atoms with van der Waals surface area (Å²) in [5.41, 5.74) is -0.555. The maximum Gasteiger partial charge on any atom is 0.248 e. The molecule has 1 fully saturated rings. The summed E-state index contributed by atoms with van der Waals surface area (Å²) in [6.45, 7) is 4.35. The van der Waals surface area contributed by atoms with Crippen molar-refractivity contribution >= 4 is 29.7 Å². The van der Waals surface area contributed by atoms with Crippen LogP contribution in [-0.4, -0.2) is 28.8 Å². The highest BCUT2D eigenvalue weighted by atomic mass is 35.5. The molecule has 7 heteroatoms. The molecule has 0 radical (unpaired) electrons. The number of amides is 1. The molecule has 5 nitrogen and oxygen atoms in total. The number of carbonyl (C=O) groups is 1. The first-order valence-corrected chi connectivity index (χ1v) is 8.07. The van der Waals surface area contributed by atoms with Gasteiger partial charge in [-0.25, -0.2) is 0 Å². The van der Waals surface area contributed by atoms with Gasteiger partial charge in [0.25, 0.3) is 0 Å². The summed E-state index contributed by atoms with van der Waals surface area (Å²) in [4.78, 5) is 15.3. The lowest BCUT2D eigenvalue weighted by atomic mass is 9.87. The molecule has 2 aromatic heterocycles. The number of aromatic nitrogens is 2. The largest absolute Gasteiger partial charge is 0.349 e. The van der Waals surface area contributed by atoms with Crippen molar-refractivity contribution in [1.29, 1.82) is 0 Å². The van der Waals surface area contributed by atoms with E-state index in [-0.39, 0.29) is 18.3 Å². The molecule has 3 heterocycles. The molecule has 0 saturated carbocycles. The zero-order valence-corrected chi connectivity index (χ0v) is 14.2. The zero-order chi connectivity index (χ0) is 14.7. The smallest absolute Gasteiger partial charge is 0.248 e. The van der Waals surface area contributed by atoms with Crippen molar-refractivity contribution in [3.05, 3.63) is 40.3 Å². The minimum absolute atomic E-state index is 0. The van der Waals surface area contributed by atoms with Gasteiger partial charge in [-0.15, -0.1) is 23.7 Å². The van der Waals surface area contributed by atoms with Crippen molar-refractivity contribution in [2.45, 2.75) is 31.8 Å². The summed E-state index contributed by atoms with van der Waals surface area (Å²) >= 11 is 1.72. The molecule has 1 saturated heterocycles. The van der Waals surface area contributed by atoms with Gasteiger partial charge in [0, 0.05) is 22.1 Å². The monoisotopic (exact) mass is 340 g/mol. The number of rotatable bonds is 4. The van der Waals surface area contributed by atoms with Crippen molar-refractivity contribution in [1.82, 2.24) is 20.4 Å². The Morgan fingerprint density at radius 2 is 2.23 bits per heavy atom. The van der Waals surface area contributed by atoms with E-state index < -0.39 is 5.54 Å². The Hall–Kier alpha value is -1.37. The third-order valence-corrected chi connectivity index (χ3v) is 5.02. The summed E-state index contributed by atoms with van der Waals surface area (Å²) in [6, 6.07) is 6.03. The number of hydrogen-bond donors (Lipinski definition) is 2. The fraction of sp³-hybridized carbons (Fsp3) is 0.467. The highest BCUT2D eigenvalue weighted by molar-refractivity contribution is 7.11. The van der Waals surface area contributed by atoms with Gasteiger partial charge in [0.05, 0.1) is 6.54 Å². The van der Waals surface area contributed by atoms with Gasteiger partial charge >= 0.3 is 0 Å². The number of halogens is 1. The lowest BCUT2D eigenvalue weighted by molar-refractivity contribution is -0.132. The molecule has 0 spiro atoms. The van der Waals surface area contributed by atoms with E-state index in [0.717, 1.165) is 25.9 Å². The van der Waals surface area contributed by atoms with Crippen LogP contribution in [0.15, 0.2) is 30.6 Å². The van der Waals surface area contributed by atoms with Crippen molar-refractivity contribution in [3.8, 4) is 0 Å². The Labute approximate surface area is 140 Å². The molecule has 1 aliphatic rings. The number of nitrogens with zero attached hydrogens (tertiary/aromatic N) is 2. The summed E-state index contributed by atoms with van der Waals surface area (Å²) in [6.07, 6.45) is 5.16. The van der Waals surface area contributed by atoms with Crippen LogP contribution in [0.2, 0.25) is 0 Å². The molecule has 2 N–H and O–H groups in total. The molecular weight excluding hydrogens is 320 g/mol. The van der Waals surface area contributed by atoms with Gasteiger partial charge in [0.2, 0.25) is 5.91 Å². The summed E-state index contributed by atoms with van der Waals surface area (Å²) < 4.78 is 1.82. The molecule has 0 unspecified atom stereocenters. The van der Waals surface area contributed by atoms with Gasteiger partial charge in [-0.2, -0.15) is 5.10 Å². The second kappa shape index (κ2) is 7.26. The minimum atomic E-state index is -0.555. The predicted octanol–water partition coefficient (Wildman–Crippen LogP) is 2.07. The standard InChI is InChI=1S/C15H20N4OS.ClH/c1-12-3-4-13(21-12)11-17-14(20)15(5-8-16-9-6-15)19-10-2-7-18-19;/h2-4,7,10,16H,5-6,8-9,11H2,1H3,(H,17,20);1H. The molecule has 1 amide bonds. The average Bonchev–Trinajstić information content (AvgIpc) is 3.17. The summed E-state index contributed by atoms with van der Waals surface area (Å²) in [5, 5.41) is 10.7. The zero-order valence-electron chi connectivity index (χ0n) is 12.5. The van der Waals surface area contributed by atoms with E-state index in [1.807, 2.05) is 16.9 Å². The number of thiophene rings is 1. The average molecular weight is 341 g/mol. The molecule has 3 rings (SSSR count). The van der Waals surface area contributed by atoms with Gasteiger partial charge in [0.1, 0.15) is 5.54 Å². The molecule has 2 aromatic rings. The normalized spacial score (nSPS) is 16.8. The second-order valence-corrected chi connectivity index (χ2v) is 6.80. The minimum Gasteiger partial charge on any atom is -0.349 e. The lowest BCUT2D eigenvalue weighted by Crippen LogP contribution is -2.54. The van der Waals surface area contributed by atoms with E-state index >= 15 is 0 Å². The van der Waals surface area contributed by atoms with E-state index in [1.165, 1.54) is 9.75 Å². The molecule has 120 valence electrons. The first kappa shape index (κ1) is 17.0. The van der Waals surface area contributed by atoms with E-state index in [2.05, 4.69) is 34.8 Å². The van der Waals surface area contributed by atoms with Crippen LogP contribution >= 0.6 is 23.7 Å². The van der Waals surface area contributed by atoms with Crippen molar-refractivity contribution in [2.24, 2.45) is 0 Å². The van der Waals surface area contributed by atoms with E-state index in [0.29, 0.717) is 6.54 Å². The molecule has 0 aliphatic carbocycles. The fourth-order valence-electron chi connectivity index (χ4n) is 2.83. The Morgan fingerprint density at radius 1 is 1.45 bits per heavy atom. The second-order valence-electron chi connectivity index (χ2n) is 5.43. The van der Waals surface area contributed by atoms with Gasteiger partial charge in [0.15, 0.2) is 0 Å². The van der Waals surface area contributed by atoms with E-state index in [4.69, 9.17) is 0 Å². The van der Waals surface area contributed by atoms with Crippen LogP contribution in [0.25, 0.3) is 0 Å². The maximum absolute atomic E-state index is 12.8. The van der Waals surface area contributed by atoms with Gasteiger partial charge in [-0.3, -0.25) is 9.48 Å². The van der Waals surface area contributed by atoms with Crippen LogP contribution in [0.5, 0.6) is 0 Å². The third-order valence-electron chi connectivity index (χ3n) is 4.02. The van der Waals surface area contributed by atoms with Crippen LogP contribution in [0.3, 0.4) is 0 Å². The SMILES string of the molecule is Cc1ccc(CNC(=O)C2(n3cccn3)CCNCC2)s1.Cl. The van der Waals surface area contributed by atoms with Crippen LogP contribution in [0.1, 0.15) is 22.6 Å². The number of aryl methyl sites for hydroxylation is 1. The molecule has 0 bridgehead atoms. The highest BCUT2D eigenvalue weighted by Gasteiger charge is 2.41. The molecule has 0 aromatic carbocycles. The van der Waals surface area contributed by atoms with Crippen LogP contribution in [0, 0.1) is 6.92 Å². The van der Waals surface area contributed by atoms with Crippen LogP contribution in [-0.2, 0) is 16.9 Å². The Balaban J connectivity index is 0.00000176. The molecule has 1 aliphatic heterocycles. The molecule has 0 atom stereocenters. The van der Waals surface area contributed by atoms with Crippen LogP contribution in [0.4, 0.5) is 0 Å². The van der Waals surface area contributed by atoms with E-state index in [9.17, 15) is 4.79 Å². The summed E-state index contributed by atoms with van der Waals surface area (Å²) in [7, 11) is 0. The fourth-order valence-corrected chi connectivity index (χ4v) is 3.66. The number of nitrogens with one attached hydrogen (secondary N) is 2. The number of carbonyl (C=O) groups excluding carboxylic acids is 1.